The van der Waals surface area contributed by atoms with Crippen molar-refractivity contribution in [3.05, 3.63) is 34.4 Å². The molecule has 1 aromatic rings. The van der Waals surface area contributed by atoms with Gasteiger partial charge in [0.25, 0.3) is 0 Å². The molecule has 8 heteroatoms. The number of rotatable bonds is 2. The third-order valence-corrected chi connectivity index (χ3v) is 2.44. The van der Waals surface area contributed by atoms with Crippen LogP contribution < -0.4 is 0 Å². The van der Waals surface area contributed by atoms with Gasteiger partial charge in [-0.15, -0.1) is 0 Å². The molecule has 0 radical (unpaired) electrons. The average Bonchev–Trinajstić information content (AvgIpc) is 2.24. The van der Waals surface area contributed by atoms with Gasteiger partial charge in [-0.2, -0.15) is 26.3 Å². The van der Waals surface area contributed by atoms with Gasteiger partial charge in [-0.05, 0) is 24.1 Å². The fourth-order valence-corrected chi connectivity index (χ4v) is 1.65. The summed E-state index contributed by atoms with van der Waals surface area (Å²) in [5.74, 6) is -2.05. The molecule has 2 nitrogen and oxygen atoms in total. The van der Waals surface area contributed by atoms with Gasteiger partial charge in [-0.3, -0.25) is 0 Å². The van der Waals surface area contributed by atoms with Crippen LogP contribution in [-0.2, 0) is 18.8 Å². The van der Waals surface area contributed by atoms with E-state index in [1.165, 1.54) is 6.92 Å². The van der Waals surface area contributed by atoms with Crippen LogP contribution in [0.4, 0.5) is 26.3 Å². The molecule has 0 aliphatic carbocycles. The Labute approximate surface area is 103 Å². The van der Waals surface area contributed by atoms with E-state index in [1.54, 1.807) is 0 Å². The molecule has 0 saturated heterocycles. The number of carbonyl (C=O) groups is 1. The zero-order chi connectivity index (χ0) is 15.0. The summed E-state index contributed by atoms with van der Waals surface area (Å²) in [5.41, 5.74) is -5.02. The van der Waals surface area contributed by atoms with Crippen molar-refractivity contribution in [3.8, 4) is 0 Å². The van der Waals surface area contributed by atoms with Gasteiger partial charge in [0.1, 0.15) is 0 Å². The van der Waals surface area contributed by atoms with E-state index in [2.05, 4.69) is 0 Å². The second-order valence-corrected chi connectivity index (χ2v) is 3.71. The maximum atomic E-state index is 12.7. The van der Waals surface area contributed by atoms with Crippen LogP contribution in [0.3, 0.4) is 0 Å². The Morgan fingerprint density at radius 3 is 1.95 bits per heavy atom. The molecule has 0 amide bonds. The lowest BCUT2D eigenvalue weighted by Gasteiger charge is -2.17. The van der Waals surface area contributed by atoms with Gasteiger partial charge in [-0.25, -0.2) is 4.79 Å². The standard InChI is InChI=1S/C11H8F6O2/c1-2-5-3-6(10(12,13)14)4-7(9(18)19)8(5)11(15,16)17/h3-4H,2H2,1H3,(H,18,19). The van der Waals surface area contributed by atoms with Crippen molar-refractivity contribution in [2.24, 2.45) is 0 Å². The summed E-state index contributed by atoms with van der Waals surface area (Å²) in [5, 5.41) is 8.67. The lowest BCUT2D eigenvalue weighted by atomic mass is 9.95. The summed E-state index contributed by atoms with van der Waals surface area (Å²) >= 11 is 0. The first-order valence-corrected chi connectivity index (χ1v) is 5.03. The normalized spacial score (nSPS) is 12.6. The summed E-state index contributed by atoms with van der Waals surface area (Å²) in [7, 11) is 0. The largest absolute Gasteiger partial charge is 0.478 e. The van der Waals surface area contributed by atoms with Crippen LogP contribution in [0, 0.1) is 0 Å². The first kappa shape index (κ1) is 15.3. The highest BCUT2D eigenvalue weighted by molar-refractivity contribution is 5.90. The molecule has 0 bridgehead atoms. The van der Waals surface area contributed by atoms with Crippen molar-refractivity contribution in [3.63, 3.8) is 0 Å². The molecule has 0 aliphatic heterocycles. The van der Waals surface area contributed by atoms with Crippen molar-refractivity contribution in [2.75, 3.05) is 0 Å². The Morgan fingerprint density at radius 2 is 1.63 bits per heavy atom. The van der Waals surface area contributed by atoms with Gasteiger partial charge in [0.15, 0.2) is 0 Å². The van der Waals surface area contributed by atoms with Crippen molar-refractivity contribution in [1.82, 2.24) is 0 Å². The molecule has 0 spiro atoms. The second-order valence-electron chi connectivity index (χ2n) is 3.71. The minimum atomic E-state index is -5.02. The lowest BCUT2D eigenvalue weighted by Crippen LogP contribution is -2.18. The number of carboxylic acid groups (broad SMARTS) is 1. The van der Waals surface area contributed by atoms with E-state index in [-0.39, 0.29) is 12.5 Å². The molecule has 0 heterocycles. The lowest BCUT2D eigenvalue weighted by molar-refractivity contribution is -0.142. The second kappa shape index (κ2) is 4.75. The van der Waals surface area contributed by atoms with Crippen LogP contribution in [0.2, 0.25) is 0 Å². The Kier molecular flexibility index (Phi) is 3.83. The molecular weight excluding hydrogens is 278 g/mol. The predicted molar refractivity (Wildman–Crippen MR) is 52.8 cm³/mol. The number of halogens is 6. The predicted octanol–water partition coefficient (Wildman–Crippen LogP) is 3.98. The summed E-state index contributed by atoms with van der Waals surface area (Å²) in [6, 6.07) is 0.333. The molecule has 1 rings (SSSR count). The van der Waals surface area contributed by atoms with E-state index < -0.39 is 40.6 Å². The van der Waals surface area contributed by atoms with Gasteiger partial charge in [0.05, 0.1) is 16.7 Å². The van der Waals surface area contributed by atoms with Crippen LogP contribution in [0.5, 0.6) is 0 Å². The smallest absolute Gasteiger partial charge is 0.417 e. The van der Waals surface area contributed by atoms with E-state index in [0.29, 0.717) is 6.07 Å². The Hall–Kier alpha value is -1.73. The number of hydrogen-bond acceptors (Lipinski definition) is 1. The number of aromatic carboxylic acids is 1. The molecule has 0 unspecified atom stereocenters. The van der Waals surface area contributed by atoms with Gasteiger partial charge in [0, 0.05) is 0 Å². The van der Waals surface area contributed by atoms with Crippen molar-refractivity contribution < 1.29 is 36.2 Å². The van der Waals surface area contributed by atoms with Gasteiger partial charge >= 0.3 is 18.3 Å². The first-order chi connectivity index (χ1) is 8.48. The zero-order valence-electron chi connectivity index (χ0n) is 9.49. The third kappa shape index (κ3) is 3.18. The van der Waals surface area contributed by atoms with E-state index in [9.17, 15) is 31.1 Å². The van der Waals surface area contributed by atoms with Crippen LogP contribution in [0.1, 0.15) is 34.0 Å². The van der Waals surface area contributed by atoms with E-state index >= 15 is 0 Å². The fraction of sp³-hybridized carbons (Fsp3) is 0.364. The maximum absolute atomic E-state index is 12.7. The fourth-order valence-electron chi connectivity index (χ4n) is 1.65. The quantitative estimate of drug-likeness (QED) is 0.835. The molecule has 0 aliphatic rings. The minimum absolute atomic E-state index is 0.00428. The number of alkyl halides is 6. The summed E-state index contributed by atoms with van der Waals surface area (Å²) < 4.78 is 75.7. The number of benzene rings is 1. The van der Waals surface area contributed by atoms with Gasteiger partial charge in [0.2, 0.25) is 0 Å². The number of aryl methyl sites for hydroxylation is 1. The van der Waals surface area contributed by atoms with E-state index in [4.69, 9.17) is 5.11 Å². The number of carboxylic acids is 1. The molecule has 1 N–H and O–H groups in total. The maximum Gasteiger partial charge on any atom is 0.417 e. The SMILES string of the molecule is CCc1cc(C(F)(F)F)cc(C(=O)O)c1C(F)(F)F. The zero-order valence-corrected chi connectivity index (χ0v) is 9.49. The highest BCUT2D eigenvalue weighted by Crippen LogP contribution is 2.39. The topological polar surface area (TPSA) is 37.3 Å². The highest BCUT2D eigenvalue weighted by atomic mass is 19.4. The summed E-state index contributed by atoms with van der Waals surface area (Å²) in [6.45, 7) is 1.22. The van der Waals surface area contributed by atoms with Crippen LogP contribution in [0.15, 0.2) is 12.1 Å². The molecular formula is C11H8F6O2. The highest BCUT2D eigenvalue weighted by Gasteiger charge is 2.40. The van der Waals surface area contributed by atoms with Crippen LogP contribution in [-0.4, -0.2) is 11.1 Å². The monoisotopic (exact) mass is 286 g/mol. The van der Waals surface area contributed by atoms with Gasteiger partial charge in [-0.1, -0.05) is 6.92 Å². The summed E-state index contributed by atoms with van der Waals surface area (Å²) in [6.07, 6.45) is -10.3. The van der Waals surface area contributed by atoms with Crippen molar-refractivity contribution in [2.45, 2.75) is 25.7 Å². The van der Waals surface area contributed by atoms with Crippen molar-refractivity contribution >= 4 is 5.97 Å². The van der Waals surface area contributed by atoms with E-state index in [1.807, 2.05) is 0 Å². The van der Waals surface area contributed by atoms with Gasteiger partial charge < -0.3 is 5.11 Å². The third-order valence-electron chi connectivity index (χ3n) is 2.44. The van der Waals surface area contributed by atoms with E-state index in [0.717, 1.165) is 0 Å². The molecule has 0 aromatic heterocycles. The Bertz CT molecular complexity index is 501. The number of hydrogen-bond donors (Lipinski definition) is 1. The molecule has 0 fully saturated rings. The molecule has 1 aromatic carbocycles. The average molecular weight is 286 g/mol. The molecule has 19 heavy (non-hydrogen) atoms. The molecule has 106 valence electrons. The first-order valence-electron chi connectivity index (χ1n) is 5.03. The van der Waals surface area contributed by atoms with Crippen LogP contribution >= 0.6 is 0 Å². The van der Waals surface area contributed by atoms with Crippen molar-refractivity contribution in [1.29, 1.82) is 0 Å². The molecule has 0 saturated carbocycles. The Morgan fingerprint density at radius 1 is 1.11 bits per heavy atom. The minimum Gasteiger partial charge on any atom is -0.478 e. The Balaban J connectivity index is 3.69. The van der Waals surface area contributed by atoms with Crippen LogP contribution in [0.25, 0.3) is 0 Å². The summed E-state index contributed by atoms with van der Waals surface area (Å²) in [4.78, 5) is 10.7. The molecule has 0 atom stereocenters.